The fraction of sp³-hybridized carbons (Fsp3) is 0.583. The van der Waals surface area contributed by atoms with Crippen LogP contribution in [-0.4, -0.2) is 41.7 Å². The van der Waals surface area contributed by atoms with Crippen molar-refractivity contribution < 1.29 is 9.53 Å². The first-order chi connectivity index (χ1) is 8.79. The molecule has 0 radical (unpaired) electrons. The number of amides is 1. The molecule has 1 aliphatic heterocycles. The zero-order valence-electron chi connectivity index (χ0n) is 10.5. The predicted molar refractivity (Wildman–Crippen MR) is 67.5 cm³/mol. The Hall–Kier alpha value is -1.69. The number of anilines is 1. The van der Waals surface area contributed by atoms with Gasteiger partial charge in [-0.25, -0.2) is 9.97 Å². The van der Waals surface area contributed by atoms with Gasteiger partial charge in [-0.3, -0.25) is 4.79 Å². The zero-order valence-corrected chi connectivity index (χ0v) is 10.5. The van der Waals surface area contributed by atoms with E-state index in [1.54, 1.807) is 6.20 Å². The van der Waals surface area contributed by atoms with Gasteiger partial charge >= 0.3 is 0 Å². The summed E-state index contributed by atoms with van der Waals surface area (Å²) in [6.45, 7) is 4.11. The molecule has 0 bridgehead atoms. The van der Waals surface area contributed by atoms with E-state index in [-0.39, 0.29) is 11.9 Å². The van der Waals surface area contributed by atoms with Crippen LogP contribution in [0.5, 0.6) is 0 Å². The van der Waals surface area contributed by atoms with Gasteiger partial charge in [0.05, 0.1) is 25.0 Å². The summed E-state index contributed by atoms with van der Waals surface area (Å²) in [4.78, 5) is 20.1. The van der Waals surface area contributed by atoms with Gasteiger partial charge in [0.2, 0.25) is 0 Å². The van der Waals surface area contributed by atoms with E-state index in [0.717, 1.165) is 26.0 Å². The molecule has 0 aromatic carbocycles. The average Bonchev–Trinajstić information content (AvgIpc) is 2.41. The summed E-state index contributed by atoms with van der Waals surface area (Å²) < 4.78 is 5.31. The molecule has 1 aliphatic rings. The number of carbonyl (C=O) groups is 1. The Labute approximate surface area is 106 Å². The van der Waals surface area contributed by atoms with Gasteiger partial charge in [0, 0.05) is 13.2 Å². The molecule has 6 heteroatoms. The second-order valence-corrected chi connectivity index (χ2v) is 4.20. The van der Waals surface area contributed by atoms with Crippen LogP contribution < -0.4 is 10.6 Å². The molecule has 1 unspecified atom stereocenters. The van der Waals surface area contributed by atoms with Crippen LogP contribution in [0.1, 0.15) is 30.3 Å². The Morgan fingerprint density at radius 2 is 2.39 bits per heavy atom. The molecule has 1 aromatic rings. The van der Waals surface area contributed by atoms with Crippen LogP contribution in [-0.2, 0) is 4.74 Å². The van der Waals surface area contributed by atoms with E-state index >= 15 is 0 Å². The second-order valence-electron chi connectivity index (χ2n) is 4.20. The third-order valence-corrected chi connectivity index (χ3v) is 2.74. The maximum absolute atomic E-state index is 11.9. The minimum Gasteiger partial charge on any atom is -0.379 e. The second kappa shape index (κ2) is 6.30. The molecule has 2 N–H and O–H groups in total. The van der Waals surface area contributed by atoms with Crippen LogP contribution in [0, 0.1) is 0 Å². The summed E-state index contributed by atoms with van der Waals surface area (Å²) in [6.07, 6.45) is 4.98. The Morgan fingerprint density at radius 1 is 1.50 bits per heavy atom. The van der Waals surface area contributed by atoms with Crippen LogP contribution in [0.2, 0.25) is 0 Å². The van der Waals surface area contributed by atoms with E-state index in [9.17, 15) is 4.79 Å². The maximum Gasteiger partial charge on any atom is 0.271 e. The van der Waals surface area contributed by atoms with Gasteiger partial charge in [-0.2, -0.15) is 0 Å². The SMILES string of the molecule is CCNc1cnc(C(=O)NC2CCCOC2)cn1. The van der Waals surface area contributed by atoms with Gasteiger partial charge in [-0.05, 0) is 19.8 Å². The fourth-order valence-electron chi connectivity index (χ4n) is 1.83. The van der Waals surface area contributed by atoms with Crippen LogP contribution in [0.4, 0.5) is 5.82 Å². The van der Waals surface area contributed by atoms with Gasteiger partial charge in [-0.1, -0.05) is 0 Å². The minimum atomic E-state index is -0.193. The first kappa shape index (κ1) is 12.8. The summed E-state index contributed by atoms with van der Waals surface area (Å²) in [5.74, 6) is 0.482. The average molecular weight is 250 g/mol. The largest absolute Gasteiger partial charge is 0.379 e. The number of rotatable bonds is 4. The lowest BCUT2D eigenvalue weighted by molar-refractivity contribution is 0.0622. The van der Waals surface area contributed by atoms with E-state index in [1.165, 1.54) is 6.20 Å². The summed E-state index contributed by atoms with van der Waals surface area (Å²) >= 11 is 0. The molecule has 1 fully saturated rings. The first-order valence-electron chi connectivity index (χ1n) is 6.24. The standard InChI is InChI=1S/C12H18N4O2/c1-2-13-11-7-14-10(6-15-11)12(17)16-9-4-3-5-18-8-9/h6-7,9H,2-5,8H2,1H3,(H,13,15)(H,16,17). The highest BCUT2D eigenvalue weighted by Crippen LogP contribution is 2.07. The molecular formula is C12H18N4O2. The molecule has 1 saturated heterocycles. The third-order valence-electron chi connectivity index (χ3n) is 2.74. The van der Waals surface area contributed by atoms with E-state index in [0.29, 0.717) is 18.1 Å². The molecule has 1 aromatic heterocycles. The Balaban J connectivity index is 1.91. The molecule has 2 rings (SSSR count). The van der Waals surface area contributed by atoms with Gasteiger partial charge in [0.1, 0.15) is 11.5 Å². The summed E-state index contributed by atoms with van der Waals surface area (Å²) in [7, 11) is 0. The predicted octanol–water partition coefficient (Wildman–Crippen LogP) is 0.817. The highest BCUT2D eigenvalue weighted by Gasteiger charge is 2.17. The van der Waals surface area contributed by atoms with E-state index in [2.05, 4.69) is 20.6 Å². The van der Waals surface area contributed by atoms with Gasteiger partial charge in [-0.15, -0.1) is 0 Å². The highest BCUT2D eigenvalue weighted by atomic mass is 16.5. The molecule has 1 atom stereocenters. The normalized spacial score (nSPS) is 19.3. The quantitative estimate of drug-likeness (QED) is 0.827. The molecular weight excluding hydrogens is 232 g/mol. The Bertz CT molecular complexity index is 388. The number of hydrogen-bond donors (Lipinski definition) is 2. The number of aromatic nitrogens is 2. The lowest BCUT2D eigenvalue weighted by atomic mass is 10.1. The highest BCUT2D eigenvalue weighted by molar-refractivity contribution is 5.92. The topological polar surface area (TPSA) is 76.1 Å². The molecule has 1 amide bonds. The maximum atomic E-state index is 11.9. The smallest absolute Gasteiger partial charge is 0.271 e. The van der Waals surface area contributed by atoms with Crippen LogP contribution in [0.15, 0.2) is 12.4 Å². The number of carbonyl (C=O) groups excluding carboxylic acids is 1. The first-order valence-corrected chi connectivity index (χ1v) is 6.24. The van der Waals surface area contributed by atoms with Crippen molar-refractivity contribution in [3.8, 4) is 0 Å². The van der Waals surface area contributed by atoms with Crippen LogP contribution in [0.3, 0.4) is 0 Å². The minimum absolute atomic E-state index is 0.0847. The number of nitrogens with zero attached hydrogens (tertiary/aromatic N) is 2. The third kappa shape index (κ3) is 3.40. The molecule has 6 nitrogen and oxygen atoms in total. The van der Waals surface area contributed by atoms with Gasteiger partial charge in [0.15, 0.2) is 0 Å². The van der Waals surface area contributed by atoms with Crippen LogP contribution >= 0.6 is 0 Å². The van der Waals surface area contributed by atoms with Gasteiger partial charge in [0.25, 0.3) is 5.91 Å². The number of nitrogens with one attached hydrogen (secondary N) is 2. The van der Waals surface area contributed by atoms with E-state index in [1.807, 2.05) is 6.92 Å². The summed E-state index contributed by atoms with van der Waals surface area (Å²) in [5, 5.41) is 5.93. The molecule has 2 heterocycles. The molecule has 0 spiro atoms. The van der Waals surface area contributed by atoms with Crippen molar-refractivity contribution in [1.29, 1.82) is 0 Å². The van der Waals surface area contributed by atoms with Crippen molar-refractivity contribution in [3.05, 3.63) is 18.1 Å². The lowest BCUT2D eigenvalue weighted by Crippen LogP contribution is -2.40. The number of ether oxygens (including phenoxy) is 1. The van der Waals surface area contributed by atoms with E-state index < -0.39 is 0 Å². The van der Waals surface area contributed by atoms with Crippen molar-refractivity contribution in [2.24, 2.45) is 0 Å². The van der Waals surface area contributed by atoms with Crippen molar-refractivity contribution in [2.75, 3.05) is 25.1 Å². The van der Waals surface area contributed by atoms with Gasteiger partial charge < -0.3 is 15.4 Å². The van der Waals surface area contributed by atoms with Crippen LogP contribution in [0.25, 0.3) is 0 Å². The molecule has 0 saturated carbocycles. The fourth-order valence-corrected chi connectivity index (χ4v) is 1.83. The van der Waals surface area contributed by atoms with Crippen molar-refractivity contribution >= 4 is 11.7 Å². The monoisotopic (exact) mass is 250 g/mol. The van der Waals surface area contributed by atoms with Crippen molar-refractivity contribution in [3.63, 3.8) is 0 Å². The summed E-state index contributed by atoms with van der Waals surface area (Å²) in [6, 6.07) is 0.0847. The molecule has 18 heavy (non-hydrogen) atoms. The van der Waals surface area contributed by atoms with Crippen molar-refractivity contribution in [1.82, 2.24) is 15.3 Å². The lowest BCUT2D eigenvalue weighted by Gasteiger charge is -2.22. The molecule has 98 valence electrons. The Kier molecular flexibility index (Phi) is 4.46. The van der Waals surface area contributed by atoms with E-state index in [4.69, 9.17) is 4.74 Å². The Morgan fingerprint density at radius 3 is 3.00 bits per heavy atom. The number of hydrogen-bond acceptors (Lipinski definition) is 5. The summed E-state index contributed by atoms with van der Waals surface area (Å²) in [5.41, 5.74) is 0.335. The zero-order chi connectivity index (χ0) is 12.8. The molecule has 0 aliphatic carbocycles. The van der Waals surface area contributed by atoms with Crippen molar-refractivity contribution in [2.45, 2.75) is 25.8 Å².